The van der Waals surface area contributed by atoms with Crippen LogP contribution in [0.2, 0.25) is 0 Å². The number of ether oxygens (including phenoxy) is 2. The fraction of sp³-hybridized carbons (Fsp3) is 0.375. The highest BCUT2D eigenvalue weighted by atomic mass is 19.1. The average Bonchev–Trinajstić information content (AvgIpc) is 3.51. The Bertz CT molecular complexity index is 1810. The molecule has 0 unspecified atom stereocenters. The maximum absolute atomic E-state index is 14.6. The molecule has 3 aromatic heterocycles. The molecule has 222 valence electrons. The number of oxazole rings is 1. The summed E-state index contributed by atoms with van der Waals surface area (Å²) in [5.41, 5.74) is 4.26. The van der Waals surface area contributed by atoms with E-state index >= 15 is 0 Å². The number of hydrogen-bond acceptors (Lipinski definition) is 8. The molecule has 5 heterocycles. The summed E-state index contributed by atoms with van der Waals surface area (Å²) in [6, 6.07) is 13.8. The molecule has 5 aromatic rings. The number of aromatic carboxylic acids is 1. The number of aryl methyl sites for hydroxylation is 1. The Hall–Kier alpha value is -4.35. The van der Waals surface area contributed by atoms with E-state index in [1.807, 2.05) is 12.1 Å². The molecule has 2 saturated heterocycles. The maximum atomic E-state index is 14.6. The molecule has 43 heavy (non-hydrogen) atoms. The number of hydrogen-bond donors (Lipinski definition) is 1. The second-order valence-corrected chi connectivity index (χ2v) is 11.3. The number of benzene rings is 2. The number of halogens is 1. The maximum Gasteiger partial charge on any atom is 0.335 e. The molecular formula is C32H32FN5O5. The van der Waals surface area contributed by atoms with Gasteiger partial charge in [-0.2, -0.15) is 0 Å². The zero-order chi connectivity index (χ0) is 29.5. The van der Waals surface area contributed by atoms with Crippen LogP contribution < -0.4 is 4.74 Å². The van der Waals surface area contributed by atoms with Gasteiger partial charge in [0.05, 0.1) is 35.8 Å². The SMILES string of the molecule is Cc1nc2cc(F)c(COc3cccc(C4CCN(Cc5nc6ccc(C(=O)O)cc6n5C[C@@H]5CCO5)CC4)n3)cc2o1. The lowest BCUT2D eigenvalue weighted by Crippen LogP contribution is -2.35. The van der Waals surface area contributed by atoms with E-state index in [1.54, 1.807) is 37.3 Å². The number of likely N-dealkylation sites (tertiary alicyclic amines) is 1. The van der Waals surface area contributed by atoms with Crippen LogP contribution >= 0.6 is 0 Å². The van der Waals surface area contributed by atoms with Gasteiger partial charge in [0.15, 0.2) is 11.5 Å². The first-order valence-electron chi connectivity index (χ1n) is 14.6. The van der Waals surface area contributed by atoms with Gasteiger partial charge in [-0.1, -0.05) is 6.07 Å². The predicted molar refractivity (Wildman–Crippen MR) is 156 cm³/mol. The molecule has 7 rings (SSSR count). The summed E-state index contributed by atoms with van der Waals surface area (Å²) >= 11 is 0. The Kier molecular flexibility index (Phi) is 7.28. The number of carboxylic acid groups (broad SMARTS) is 1. The largest absolute Gasteiger partial charge is 0.478 e. The minimum absolute atomic E-state index is 0.0390. The molecule has 2 aliphatic rings. The van der Waals surface area contributed by atoms with Gasteiger partial charge in [-0.15, -0.1) is 0 Å². The van der Waals surface area contributed by atoms with Crippen LogP contribution in [-0.4, -0.2) is 61.3 Å². The molecular weight excluding hydrogens is 553 g/mol. The van der Waals surface area contributed by atoms with Gasteiger partial charge in [0.2, 0.25) is 5.88 Å². The van der Waals surface area contributed by atoms with Gasteiger partial charge in [0.25, 0.3) is 0 Å². The fourth-order valence-corrected chi connectivity index (χ4v) is 5.96. The van der Waals surface area contributed by atoms with Gasteiger partial charge in [-0.25, -0.2) is 24.1 Å². The molecule has 0 aliphatic carbocycles. The molecule has 11 heteroatoms. The van der Waals surface area contributed by atoms with Gasteiger partial charge in [-0.05, 0) is 62.7 Å². The highest BCUT2D eigenvalue weighted by molar-refractivity contribution is 5.92. The number of piperidine rings is 1. The van der Waals surface area contributed by atoms with Crippen molar-refractivity contribution in [1.82, 2.24) is 24.4 Å². The quantitative estimate of drug-likeness (QED) is 0.241. The molecule has 1 atom stereocenters. The van der Waals surface area contributed by atoms with Gasteiger partial charge < -0.3 is 23.6 Å². The summed E-state index contributed by atoms with van der Waals surface area (Å²) in [4.78, 5) is 27.8. The van der Waals surface area contributed by atoms with Crippen LogP contribution in [0, 0.1) is 12.7 Å². The first kappa shape index (κ1) is 27.5. The number of nitrogens with zero attached hydrogens (tertiary/aromatic N) is 5. The van der Waals surface area contributed by atoms with Gasteiger partial charge >= 0.3 is 5.97 Å². The summed E-state index contributed by atoms with van der Waals surface area (Å²) in [5, 5.41) is 9.51. The van der Waals surface area contributed by atoms with Gasteiger partial charge in [0, 0.05) is 42.8 Å². The molecule has 2 fully saturated rings. The zero-order valence-electron chi connectivity index (χ0n) is 23.8. The molecule has 0 bridgehead atoms. The zero-order valence-corrected chi connectivity index (χ0v) is 23.8. The number of fused-ring (bicyclic) bond motifs is 2. The number of carboxylic acids is 1. The van der Waals surface area contributed by atoms with Crippen molar-refractivity contribution in [3.63, 3.8) is 0 Å². The fourth-order valence-electron chi connectivity index (χ4n) is 5.96. The van der Waals surface area contributed by atoms with Crippen LogP contribution in [0.3, 0.4) is 0 Å². The minimum atomic E-state index is -0.948. The molecule has 0 spiro atoms. The molecule has 2 aromatic carbocycles. The number of carbonyl (C=O) groups is 1. The Balaban J connectivity index is 1.01. The minimum Gasteiger partial charge on any atom is -0.478 e. The van der Waals surface area contributed by atoms with E-state index in [0.717, 1.165) is 61.5 Å². The lowest BCUT2D eigenvalue weighted by molar-refractivity contribution is -0.0592. The van der Waals surface area contributed by atoms with Crippen LogP contribution in [0.15, 0.2) is 52.9 Å². The second-order valence-electron chi connectivity index (χ2n) is 11.3. The Morgan fingerprint density at radius 2 is 1.91 bits per heavy atom. The average molecular weight is 586 g/mol. The van der Waals surface area contributed by atoms with Gasteiger partial charge in [-0.3, -0.25) is 4.90 Å². The third-order valence-electron chi connectivity index (χ3n) is 8.41. The lowest BCUT2D eigenvalue weighted by atomic mass is 9.93. The first-order valence-corrected chi connectivity index (χ1v) is 14.6. The Morgan fingerprint density at radius 3 is 2.67 bits per heavy atom. The van der Waals surface area contributed by atoms with Crippen LogP contribution in [-0.2, 0) is 24.4 Å². The van der Waals surface area contributed by atoms with Crippen LogP contribution in [0.25, 0.3) is 22.1 Å². The Morgan fingerprint density at radius 1 is 1.07 bits per heavy atom. The first-order chi connectivity index (χ1) is 20.9. The van der Waals surface area contributed by atoms with Gasteiger partial charge in [0.1, 0.15) is 23.8 Å². The van der Waals surface area contributed by atoms with Crippen molar-refractivity contribution in [2.45, 2.75) is 57.9 Å². The molecule has 0 saturated carbocycles. The predicted octanol–water partition coefficient (Wildman–Crippen LogP) is 5.47. The van der Waals surface area contributed by atoms with E-state index in [-0.39, 0.29) is 30.0 Å². The van der Waals surface area contributed by atoms with E-state index in [9.17, 15) is 14.3 Å². The lowest BCUT2D eigenvalue weighted by Gasteiger charge is -2.32. The van der Waals surface area contributed by atoms with Crippen LogP contribution in [0.5, 0.6) is 5.88 Å². The summed E-state index contributed by atoms with van der Waals surface area (Å²) in [7, 11) is 0. The summed E-state index contributed by atoms with van der Waals surface area (Å²) in [6.45, 7) is 5.62. The summed E-state index contributed by atoms with van der Waals surface area (Å²) in [6.07, 6.45) is 2.98. The van der Waals surface area contributed by atoms with Crippen molar-refractivity contribution in [3.05, 3.63) is 82.9 Å². The third-order valence-corrected chi connectivity index (χ3v) is 8.41. The van der Waals surface area contributed by atoms with Crippen molar-refractivity contribution in [2.24, 2.45) is 0 Å². The number of aromatic nitrogens is 4. The van der Waals surface area contributed by atoms with Crippen LogP contribution in [0.4, 0.5) is 4.39 Å². The van der Waals surface area contributed by atoms with Crippen molar-refractivity contribution >= 4 is 28.1 Å². The molecule has 10 nitrogen and oxygen atoms in total. The molecule has 0 radical (unpaired) electrons. The third kappa shape index (κ3) is 5.70. The number of pyridine rings is 1. The number of imidazole rings is 1. The van der Waals surface area contributed by atoms with Crippen molar-refractivity contribution in [2.75, 3.05) is 19.7 Å². The van der Waals surface area contributed by atoms with E-state index in [0.29, 0.717) is 41.5 Å². The van der Waals surface area contributed by atoms with E-state index in [4.69, 9.17) is 23.9 Å². The van der Waals surface area contributed by atoms with Crippen LogP contribution in [0.1, 0.15) is 58.5 Å². The Labute approximate surface area is 247 Å². The van der Waals surface area contributed by atoms with Crippen molar-refractivity contribution in [3.8, 4) is 5.88 Å². The monoisotopic (exact) mass is 585 g/mol. The van der Waals surface area contributed by atoms with E-state index in [1.165, 1.54) is 6.07 Å². The highest BCUT2D eigenvalue weighted by Crippen LogP contribution is 2.30. The summed E-state index contributed by atoms with van der Waals surface area (Å²) in [5.74, 6) is 0.818. The van der Waals surface area contributed by atoms with E-state index in [2.05, 4.69) is 14.5 Å². The smallest absolute Gasteiger partial charge is 0.335 e. The molecule has 1 N–H and O–H groups in total. The topological polar surface area (TPSA) is 116 Å². The normalized spacial score (nSPS) is 17.9. The van der Waals surface area contributed by atoms with E-state index < -0.39 is 5.97 Å². The molecule has 2 aliphatic heterocycles. The van der Waals surface area contributed by atoms with Crippen molar-refractivity contribution < 1.29 is 28.2 Å². The number of rotatable bonds is 9. The van der Waals surface area contributed by atoms with Crippen molar-refractivity contribution in [1.29, 1.82) is 0 Å². The highest BCUT2D eigenvalue weighted by Gasteiger charge is 2.26. The molecule has 0 amide bonds. The standard InChI is InChI=1S/C32H32FN5O5/c1-19-34-27-15-24(33)22(14-29(27)43-19)18-42-31-4-2-3-25(36-31)20-7-10-37(11-8-20)17-30-35-26-6-5-21(32(39)40)13-28(26)38(30)16-23-9-12-41-23/h2-6,13-15,20,23H,7-12,16-18H2,1H3,(H,39,40)/t23-/m0/s1. The second kappa shape index (κ2) is 11.4. The summed E-state index contributed by atoms with van der Waals surface area (Å²) < 4.78 is 33.8.